The molecule has 160 valence electrons. The summed E-state index contributed by atoms with van der Waals surface area (Å²) < 4.78 is 17.5. The molecule has 3 atom stereocenters. The molecule has 0 bridgehead atoms. The van der Waals surface area contributed by atoms with E-state index in [1.165, 1.54) is 5.56 Å². The van der Waals surface area contributed by atoms with Gasteiger partial charge in [0.15, 0.2) is 11.5 Å². The van der Waals surface area contributed by atoms with Gasteiger partial charge in [-0.25, -0.2) is 0 Å². The number of benzene rings is 2. The van der Waals surface area contributed by atoms with E-state index < -0.39 is 0 Å². The van der Waals surface area contributed by atoms with Crippen molar-refractivity contribution in [1.29, 1.82) is 0 Å². The molecule has 2 heterocycles. The molecule has 2 fully saturated rings. The first kappa shape index (κ1) is 20.7. The van der Waals surface area contributed by atoms with Crippen LogP contribution < -0.4 is 14.8 Å². The average Bonchev–Trinajstić information content (AvgIpc) is 2.96. The third-order valence-corrected chi connectivity index (χ3v) is 5.80. The SMILES string of the molecule is COc1cc(CN2C[C@H](c3ccccc3)[C@H]3OCC(=O)NC[C@H]32)ccc1OC(C)C. The summed E-state index contributed by atoms with van der Waals surface area (Å²) in [6, 6.07) is 16.7. The van der Waals surface area contributed by atoms with Crippen LogP contribution in [0.15, 0.2) is 48.5 Å². The summed E-state index contributed by atoms with van der Waals surface area (Å²) in [5.41, 5.74) is 2.40. The minimum Gasteiger partial charge on any atom is -0.493 e. The number of likely N-dealkylation sites (tertiary alicyclic amines) is 1. The number of nitrogens with zero attached hydrogens (tertiary/aromatic N) is 1. The third kappa shape index (κ3) is 4.45. The van der Waals surface area contributed by atoms with Gasteiger partial charge < -0.3 is 19.5 Å². The van der Waals surface area contributed by atoms with Crippen LogP contribution in [-0.2, 0) is 16.1 Å². The van der Waals surface area contributed by atoms with Gasteiger partial charge in [-0.2, -0.15) is 0 Å². The molecule has 2 aliphatic heterocycles. The van der Waals surface area contributed by atoms with Crippen molar-refractivity contribution in [3.8, 4) is 11.5 Å². The molecule has 30 heavy (non-hydrogen) atoms. The molecule has 0 unspecified atom stereocenters. The maximum Gasteiger partial charge on any atom is 0.246 e. The Labute approximate surface area is 178 Å². The zero-order valence-electron chi connectivity index (χ0n) is 17.8. The fourth-order valence-corrected chi connectivity index (χ4v) is 4.45. The van der Waals surface area contributed by atoms with Crippen molar-refractivity contribution in [2.24, 2.45) is 0 Å². The standard InChI is InChI=1S/C24H30N2O4/c1-16(2)30-21-10-9-17(11-22(21)28-3)13-26-14-19(18-7-5-4-6-8-18)24-20(26)12-25-23(27)15-29-24/h4-11,16,19-20,24H,12-15H2,1-3H3,(H,25,27)/t19-,20-,24-/m1/s1. The Kier molecular flexibility index (Phi) is 6.25. The molecular weight excluding hydrogens is 380 g/mol. The number of ether oxygens (including phenoxy) is 3. The predicted molar refractivity (Wildman–Crippen MR) is 115 cm³/mol. The number of carbonyl (C=O) groups excluding carboxylic acids is 1. The highest BCUT2D eigenvalue weighted by atomic mass is 16.5. The van der Waals surface area contributed by atoms with Crippen LogP contribution in [0.3, 0.4) is 0 Å². The zero-order chi connectivity index (χ0) is 21.1. The smallest absolute Gasteiger partial charge is 0.246 e. The van der Waals surface area contributed by atoms with E-state index in [1.807, 2.05) is 32.0 Å². The van der Waals surface area contributed by atoms with Gasteiger partial charge in [0.2, 0.25) is 5.91 Å². The lowest BCUT2D eigenvalue weighted by Gasteiger charge is -2.26. The van der Waals surface area contributed by atoms with Crippen LogP contribution in [0.1, 0.15) is 30.9 Å². The van der Waals surface area contributed by atoms with Gasteiger partial charge in [0.1, 0.15) is 6.61 Å². The zero-order valence-corrected chi connectivity index (χ0v) is 17.8. The van der Waals surface area contributed by atoms with Crippen LogP contribution >= 0.6 is 0 Å². The molecule has 0 radical (unpaired) electrons. The monoisotopic (exact) mass is 410 g/mol. The Morgan fingerprint density at radius 3 is 2.70 bits per heavy atom. The Morgan fingerprint density at radius 2 is 1.97 bits per heavy atom. The number of fused-ring (bicyclic) bond motifs is 1. The fraction of sp³-hybridized carbons (Fsp3) is 0.458. The highest BCUT2D eigenvalue weighted by Gasteiger charge is 2.44. The Balaban J connectivity index is 1.57. The van der Waals surface area contributed by atoms with Crippen LogP contribution in [0.4, 0.5) is 0 Å². The molecule has 0 saturated carbocycles. The van der Waals surface area contributed by atoms with Crippen LogP contribution in [0.5, 0.6) is 11.5 Å². The van der Waals surface area contributed by atoms with Gasteiger partial charge in [-0.3, -0.25) is 9.69 Å². The second-order valence-corrected chi connectivity index (χ2v) is 8.25. The summed E-state index contributed by atoms with van der Waals surface area (Å²) in [6.07, 6.45) is 0.0688. The molecule has 0 spiro atoms. The van der Waals surface area contributed by atoms with E-state index in [1.54, 1.807) is 7.11 Å². The Bertz CT molecular complexity index is 871. The van der Waals surface area contributed by atoms with E-state index in [-0.39, 0.29) is 36.7 Å². The van der Waals surface area contributed by atoms with Gasteiger partial charge in [0.25, 0.3) is 0 Å². The fourth-order valence-electron chi connectivity index (χ4n) is 4.45. The summed E-state index contributed by atoms with van der Waals surface area (Å²) in [6.45, 7) is 6.35. The molecule has 2 aromatic carbocycles. The lowest BCUT2D eigenvalue weighted by Crippen LogP contribution is -2.42. The summed E-state index contributed by atoms with van der Waals surface area (Å²) >= 11 is 0. The number of methoxy groups -OCH3 is 1. The molecule has 0 aromatic heterocycles. The van der Waals surface area contributed by atoms with E-state index in [0.717, 1.165) is 30.2 Å². The molecule has 2 aliphatic rings. The summed E-state index contributed by atoms with van der Waals surface area (Å²) in [5, 5.41) is 3.01. The molecule has 2 aromatic rings. The Hall–Kier alpha value is -2.57. The molecule has 4 rings (SSSR count). The van der Waals surface area contributed by atoms with Crippen molar-refractivity contribution >= 4 is 5.91 Å². The number of hydrogen-bond acceptors (Lipinski definition) is 5. The van der Waals surface area contributed by atoms with Gasteiger partial charge in [-0.15, -0.1) is 0 Å². The second kappa shape index (κ2) is 9.06. The molecule has 0 aliphatic carbocycles. The molecule has 2 saturated heterocycles. The summed E-state index contributed by atoms with van der Waals surface area (Å²) in [7, 11) is 1.66. The lowest BCUT2D eigenvalue weighted by atomic mass is 9.93. The maximum absolute atomic E-state index is 11.9. The third-order valence-electron chi connectivity index (χ3n) is 5.80. The van der Waals surface area contributed by atoms with Crippen molar-refractivity contribution < 1.29 is 19.0 Å². The topological polar surface area (TPSA) is 60.0 Å². The first-order chi connectivity index (χ1) is 14.5. The molecule has 1 amide bonds. The first-order valence-electron chi connectivity index (χ1n) is 10.6. The van der Waals surface area contributed by atoms with E-state index in [4.69, 9.17) is 14.2 Å². The van der Waals surface area contributed by atoms with Crippen LogP contribution in [0, 0.1) is 0 Å². The van der Waals surface area contributed by atoms with Gasteiger partial charge in [-0.05, 0) is 37.1 Å². The first-order valence-corrected chi connectivity index (χ1v) is 10.6. The van der Waals surface area contributed by atoms with Crippen LogP contribution in [0.25, 0.3) is 0 Å². The number of rotatable bonds is 6. The van der Waals surface area contributed by atoms with E-state index in [9.17, 15) is 4.79 Å². The average molecular weight is 411 g/mol. The van der Waals surface area contributed by atoms with Gasteiger partial charge in [0.05, 0.1) is 25.4 Å². The quantitative estimate of drug-likeness (QED) is 0.794. The van der Waals surface area contributed by atoms with Crippen molar-refractivity contribution in [3.63, 3.8) is 0 Å². The second-order valence-electron chi connectivity index (χ2n) is 8.25. The van der Waals surface area contributed by atoms with Gasteiger partial charge in [0, 0.05) is 25.6 Å². The van der Waals surface area contributed by atoms with Gasteiger partial charge >= 0.3 is 0 Å². The number of nitrogens with one attached hydrogen (secondary N) is 1. The minimum atomic E-state index is -0.0481. The summed E-state index contributed by atoms with van der Waals surface area (Å²) in [4.78, 5) is 14.4. The molecular formula is C24H30N2O4. The van der Waals surface area contributed by atoms with Gasteiger partial charge in [-0.1, -0.05) is 36.4 Å². The maximum atomic E-state index is 11.9. The minimum absolute atomic E-state index is 0.0169. The highest BCUT2D eigenvalue weighted by Crippen LogP contribution is 2.37. The van der Waals surface area contributed by atoms with Crippen molar-refractivity contribution in [1.82, 2.24) is 10.2 Å². The Morgan fingerprint density at radius 1 is 1.17 bits per heavy atom. The highest BCUT2D eigenvalue weighted by molar-refractivity contribution is 5.77. The summed E-state index contributed by atoms with van der Waals surface area (Å²) in [5.74, 6) is 1.67. The van der Waals surface area contributed by atoms with E-state index in [2.05, 4.69) is 40.5 Å². The van der Waals surface area contributed by atoms with Crippen molar-refractivity contribution in [3.05, 3.63) is 59.7 Å². The normalized spacial score (nSPS) is 24.3. The number of carbonyl (C=O) groups is 1. The van der Waals surface area contributed by atoms with E-state index in [0.29, 0.717) is 6.54 Å². The molecule has 6 heteroatoms. The van der Waals surface area contributed by atoms with Crippen molar-refractivity contribution in [2.75, 3.05) is 26.8 Å². The van der Waals surface area contributed by atoms with Crippen molar-refractivity contribution in [2.45, 2.75) is 44.6 Å². The van der Waals surface area contributed by atoms with Crippen LogP contribution in [0.2, 0.25) is 0 Å². The van der Waals surface area contributed by atoms with E-state index >= 15 is 0 Å². The molecule has 1 N–H and O–H groups in total. The lowest BCUT2D eigenvalue weighted by molar-refractivity contribution is -0.125. The largest absolute Gasteiger partial charge is 0.493 e. The number of amides is 1. The molecule has 6 nitrogen and oxygen atoms in total. The number of hydrogen-bond donors (Lipinski definition) is 1. The van der Waals surface area contributed by atoms with Crippen LogP contribution in [-0.4, -0.2) is 55.9 Å². The predicted octanol–water partition coefficient (Wildman–Crippen LogP) is 2.97.